The number of Topliss-reactive ketones (excluding diaryl/α,β-unsaturated/α-hetero) is 1. The van der Waals surface area contributed by atoms with Crippen LogP contribution in [0.25, 0.3) is 21.9 Å². The van der Waals surface area contributed by atoms with Crippen LogP contribution in [0.15, 0.2) is 36.8 Å². The molecule has 0 bridgehead atoms. The molecule has 2 heterocycles. The minimum atomic E-state index is -0.800. The second-order valence-electron chi connectivity index (χ2n) is 10.8. The molecule has 1 aromatic carbocycles. The van der Waals surface area contributed by atoms with E-state index in [-0.39, 0.29) is 46.5 Å². The summed E-state index contributed by atoms with van der Waals surface area (Å²) < 4.78 is 21.2. The van der Waals surface area contributed by atoms with Gasteiger partial charge in [0.1, 0.15) is 17.2 Å². The van der Waals surface area contributed by atoms with E-state index < -0.39 is 17.5 Å². The maximum absolute atomic E-state index is 15.9. The number of rotatable bonds is 4. The lowest BCUT2D eigenvalue weighted by Crippen LogP contribution is -2.27. The van der Waals surface area contributed by atoms with Gasteiger partial charge in [-0.15, -0.1) is 0 Å². The highest BCUT2D eigenvalue weighted by atomic mass is 19.1. The molecule has 2 aromatic heterocycles. The lowest BCUT2D eigenvalue weighted by molar-refractivity contribution is -0.124. The number of hydrogen-bond donors (Lipinski definition) is 2. The van der Waals surface area contributed by atoms with Crippen molar-refractivity contribution >= 4 is 40.1 Å². The van der Waals surface area contributed by atoms with Crippen molar-refractivity contribution in [2.24, 2.45) is 17.8 Å². The Bertz CT molecular complexity index is 1430. The SMILES string of the molecule is Cc1ccncc1-c1cc2cc(NC(=O)[C@H]3[C@@H]4CCCC(=O)[C@@H]43)ncc2c(NC(=O)OC(C)(C)C)c1F. The molecule has 0 unspecified atom stereocenters. The number of carbonyl (C=O) groups is 3. The van der Waals surface area contributed by atoms with Crippen molar-refractivity contribution in [3.63, 3.8) is 0 Å². The quantitative estimate of drug-likeness (QED) is 0.475. The molecule has 8 nitrogen and oxygen atoms in total. The maximum atomic E-state index is 15.9. The molecular formula is C28H29FN4O4. The summed E-state index contributed by atoms with van der Waals surface area (Å²) in [7, 11) is 0. The summed E-state index contributed by atoms with van der Waals surface area (Å²) in [6, 6.07) is 5.05. The molecule has 192 valence electrons. The van der Waals surface area contributed by atoms with Crippen molar-refractivity contribution in [2.45, 2.75) is 52.6 Å². The van der Waals surface area contributed by atoms with Crippen LogP contribution < -0.4 is 10.6 Å². The number of ketones is 1. The number of aromatic nitrogens is 2. The zero-order chi connectivity index (χ0) is 26.5. The van der Waals surface area contributed by atoms with E-state index in [0.29, 0.717) is 22.8 Å². The van der Waals surface area contributed by atoms with E-state index in [0.717, 1.165) is 18.4 Å². The first-order valence-corrected chi connectivity index (χ1v) is 12.4. The van der Waals surface area contributed by atoms with Crippen LogP contribution in [0.2, 0.25) is 0 Å². The third-order valence-electron chi connectivity index (χ3n) is 6.97. The Hall–Kier alpha value is -3.88. The Balaban J connectivity index is 1.52. The number of pyridine rings is 2. The summed E-state index contributed by atoms with van der Waals surface area (Å²) in [5, 5.41) is 6.28. The van der Waals surface area contributed by atoms with Crippen molar-refractivity contribution in [2.75, 3.05) is 10.6 Å². The van der Waals surface area contributed by atoms with Gasteiger partial charge in [0.05, 0.1) is 11.6 Å². The summed E-state index contributed by atoms with van der Waals surface area (Å²) >= 11 is 0. The van der Waals surface area contributed by atoms with Gasteiger partial charge in [0, 0.05) is 47.4 Å². The number of aryl methyl sites for hydroxylation is 1. The van der Waals surface area contributed by atoms with Crippen LogP contribution in [0.5, 0.6) is 0 Å². The number of nitrogens with zero attached hydrogens (tertiary/aromatic N) is 2. The molecule has 3 atom stereocenters. The fourth-order valence-corrected chi connectivity index (χ4v) is 5.23. The molecule has 3 aromatic rings. The van der Waals surface area contributed by atoms with E-state index in [1.165, 1.54) is 6.20 Å². The van der Waals surface area contributed by atoms with Gasteiger partial charge in [-0.05, 0) is 75.6 Å². The van der Waals surface area contributed by atoms with E-state index in [2.05, 4.69) is 20.6 Å². The van der Waals surface area contributed by atoms with Gasteiger partial charge in [-0.2, -0.15) is 0 Å². The topological polar surface area (TPSA) is 110 Å². The molecule has 2 saturated carbocycles. The minimum absolute atomic E-state index is 0.0748. The highest BCUT2D eigenvalue weighted by Crippen LogP contribution is 2.54. The van der Waals surface area contributed by atoms with Gasteiger partial charge < -0.3 is 10.1 Å². The summed E-state index contributed by atoms with van der Waals surface area (Å²) in [5.74, 6) is -0.819. The van der Waals surface area contributed by atoms with E-state index >= 15 is 4.39 Å². The van der Waals surface area contributed by atoms with Gasteiger partial charge in [0.15, 0.2) is 5.82 Å². The molecule has 5 rings (SSSR count). The smallest absolute Gasteiger partial charge is 0.412 e. The number of carbonyl (C=O) groups excluding carboxylic acids is 3. The molecule has 0 radical (unpaired) electrons. The Kier molecular flexibility index (Phi) is 6.17. The zero-order valence-electron chi connectivity index (χ0n) is 21.2. The molecule has 0 spiro atoms. The van der Waals surface area contributed by atoms with E-state index in [9.17, 15) is 14.4 Å². The van der Waals surface area contributed by atoms with Crippen LogP contribution in [0.4, 0.5) is 20.7 Å². The first-order valence-electron chi connectivity index (χ1n) is 12.4. The lowest BCUT2D eigenvalue weighted by Gasteiger charge is -2.21. The molecule has 2 N–H and O–H groups in total. The minimum Gasteiger partial charge on any atom is -0.444 e. The van der Waals surface area contributed by atoms with Gasteiger partial charge in [-0.3, -0.25) is 19.9 Å². The second-order valence-corrected chi connectivity index (χ2v) is 10.8. The Morgan fingerprint density at radius 2 is 1.92 bits per heavy atom. The molecule has 0 saturated heterocycles. The Morgan fingerprint density at radius 1 is 1.14 bits per heavy atom. The number of ether oxygens (including phenoxy) is 1. The largest absolute Gasteiger partial charge is 0.444 e. The standard InChI is InChI=1S/C28H29FN4O4/c1-14-8-9-30-12-18(14)17-10-15-11-21(32-26(35)23-16-6-5-7-20(34)22(16)23)31-13-19(15)25(24(17)29)33-27(36)37-28(2,3)4/h8-13,16,22-23H,5-7H2,1-4H3,(H,33,36)(H,31,32,35)/t16-,22-,23+/m1/s1. The normalized spacial score (nSPS) is 20.8. The number of amides is 2. The highest BCUT2D eigenvalue weighted by Gasteiger charge is 2.59. The van der Waals surface area contributed by atoms with E-state index in [1.807, 2.05) is 6.92 Å². The van der Waals surface area contributed by atoms with Crippen LogP contribution in [0.3, 0.4) is 0 Å². The summed E-state index contributed by atoms with van der Waals surface area (Å²) in [6.07, 6.45) is 6.04. The van der Waals surface area contributed by atoms with Crippen LogP contribution in [-0.2, 0) is 14.3 Å². The summed E-state index contributed by atoms with van der Waals surface area (Å²) in [6.45, 7) is 7.00. The monoisotopic (exact) mass is 504 g/mol. The first-order chi connectivity index (χ1) is 17.5. The van der Waals surface area contributed by atoms with Crippen LogP contribution in [0.1, 0.15) is 45.6 Å². The molecule has 9 heteroatoms. The number of halogens is 1. The average molecular weight is 505 g/mol. The number of nitrogens with one attached hydrogen (secondary N) is 2. The van der Waals surface area contributed by atoms with Gasteiger partial charge in [0.25, 0.3) is 0 Å². The van der Waals surface area contributed by atoms with Crippen molar-refractivity contribution in [1.82, 2.24) is 9.97 Å². The molecule has 2 fully saturated rings. The van der Waals surface area contributed by atoms with E-state index in [1.54, 1.807) is 51.4 Å². The number of hydrogen-bond acceptors (Lipinski definition) is 6. The maximum Gasteiger partial charge on any atom is 0.412 e. The third-order valence-corrected chi connectivity index (χ3v) is 6.97. The van der Waals surface area contributed by atoms with Crippen molar-refractivity contribution in [3.8, 4) is 11.1 Å². The molecule has 0 aliphatic heterocycles. The second kappa shape index (κ2) is 9.21. The molecule has 37 heavy (non-hydrogen) atoms. The predicted molar refractivity (Wildman–Crippen MR) is 137 cm³/mol. The first kappa shape index (κ1) is 24.8. The average Bonchev–Trinajstić information content (AvgIpc) is 3.56. The fraction of sp³-hybridized carbons (Fsp3) is 0.393. The summed E-state index contributed by atoms with van der Waals surface area (Å²) in [5.41, 5.74) is 0.767. The van der Waals surface area contributed by atoms with E-state index in [4.69, 9.17) is 4.74 Å². The number of anilines is 2. The molecular weight excluding hydrogens is 475 g/mol. The molecule has 2 aliphatic carbocycles. The van der Waals surface area contributed by atoms with Gasteiger partial charge in [0.2, 0.25) is 5.91 Å². The van der Waals surface area contributed by atoms with Gasteiger partial charge in [-0.25, -0.2) is 14.2 Å². The van der Waals surface area contributed by atoms with Gasteiger partial charge >= 0.3 is 6.09 Å². The van der Waals surface area contributed by atoms with Crippen LogP contribution in [-0.4, -0.2) is 33.4 Å². The highest BCUT2D eigenvalue weighted by molar-refractivity contribution is 6.05. The van der Waals surface area contributed by atoms with Crippen molar-refractivity contribution in [1.29, 1.82) is 0 Å². The fourth-order valence-electron chi connectivity index (χ4n) is 5.23. The summed E-state index contributed by atoms with van der Waals surface area (Å²) in [4.78, 5) is 46.1. The molecule has 2 amide bonds. The van der Waals surface area contributed by atoms with Crippen molar-refractivity contribution in [3.05, 3.63) is 48.2 Å². The van der Waals surface area contributed by atoms with Crippen LogP contribution in [0, 0.1) is 30.5 Å². The lowest BCUT2D eigenvalue weighted by atomic mass is 9.98. The number of benzene rings is 1. The number of fused-ring (bicyclic) bond motifs is 2. The predicted octanol–water partition coefficient (Wildman–Crippen LogP) is 5.65. The third kappa shape index (κ3) is 4.90. The van der Waals surface area contributed by atoms with Crippen molar-refractivity contribution < 1.29 is 23.5 Å². The van der Waals surface area contributed by atoms with Gasteiger partial charge in [-0.1, -0.05) is 0 Å². The van der Waals surface area contributed by atoms with Crippen LogP contribution >= 0.6 is 0 Å². The Morgan fingerprint density at radius 3 is 2.62 bits per heavy atom. The zero-order valence-corrected chi connectivity index (χ0v) is 21.2. The Labute approximate surface area is 214 Å². The molecule has 2 aliphatic rings.